The Kier molecular flexibility index (Phi) is 6.60. The van der Waals surface area contributed by atoms with Gasteiger partial charge in [0.15, 0.2) is 0 Å². The molecule has 1 aromatic heterocycles. The maximum Gasteiger partial charge on any atom is 0.256 e. The van der Waals surface area contributed by atoms with Gasteiger partial charge < -0.3 is 10.1 Å². The Hall–Kier alpha value is -2.50. The zero-order valence-corrected chi connectivity index (χ0v) is 17.2. The normalized spacial score (nSPS) is 10.7. The van der Waals surface area contributed by atoms with Crippen LogP contribution in [0.2, 0.25) is 10.2 Å². The maximum atomic E-state index is 12.6. The summed E-state index contributed by atoms with van der Waals surface area (Å²) in [5.41, 5.74) is 2.93. The van der Waals surface area contributed by atoms with Crippen LogP contribution in [0.25, 0.3) is 0 Å². The van der Waals surface area contributed by atoms with Gasteiger partial charge in [0, 0.05) is 5.02 Å². The van der Waals surface area contributed by atoms with Crippen LogP contribution >= 0.6 is 23.2 Å². The summed E-state index contributed by atoms with van der Waals surface area (Å²) < 4.78 is 7.23. The standard InChI is InChI=1S/C21H21Cl2N3O2/c1-14-6-5-8-17(12-14)28-11-10-24-21(27)19-15(2)25-26(20(19)23)13-16-7-3-4-9-18(16)22/h3-9,12H,10-11,13H2,1-2H3,(H,24,27). The van der Waals surface area contributed by atoms with Crippen LogP contribution in [0.3, 0.4) is 0 Å². The first-order chi connectivity index (χ1) is 13.5. The molecule has 0 aliphatic heterocycles. The minimum atomic E-state index is -0.277. The lowest BCUT2D eigenvalue weighted by atomic mass is 10.2. The fourth-order valence-electron chi connectivity index (χ4n) is 2.83. The molecule has 0 spiro atoms. The van der Waals surface area contributed by atoms with Crippen molar-refractivity contribution in [3.05, 3.63) is 81.1 Å². The number of ether oxygens (including phenoxy) is 1. The van der Waals surface area contributed by atoms with E-state index in [0.717, 1.165) is 16.9 Å². The predicted molar refractivity (Wildman–Crippen MR) is 112 cm³/mol. The summed E-state index contributed by atoms with van der Waals surface area (Å²) in [6.45, 7) is 4.87. The summed E-state index contributed by atoms with van der Waals surface area (Å²) in [7, 11) is 0. The smallest absolute Gasteiger partial charge is 0.256 e. The number of rotatable bonds is 7. The summed E-state index contributed by atoms with van der Waals surface area (Å²) in [5.74, 6) is 0.497. The molecule has 146 valence electrons. The molecule has 0 radical (unpaired) electrons. The molecular weight excluding hydrogens is 397 g/mol. The fourth-order valence-corrected chi connectivity index (χ4v) is 3.35. The van der Waals surface area contributed by atoms with E-state index in [0.29, 0.717) is 36.0 Å². The molecule has 1 N–H and O–H groups in total. The van der Waals surface area contributed by atoms with Crippen LogP contribution < -0.4 is 10.1 Å². The topological polar surface area (TPSA) is 56.1 Å². The molecule has 7 heteroatoms. The number of nitrogens with one attached hydrogen (secondary N) is 1. The zero-order valence-electron chi connectivity index (χ0n) is 15.7. The number of carbonyl (C=O) groups excluding carboxylic acids is 1. The van der Waals surface area contributed by atoms with Crippen LogP contribution in [0.15, 0.2) is 48.5 Å². The lowest BCUT2D eigenvalue weighted by Crippen LogP contribution is -2.28. The number of carbonyl (C=O) groups is 1. The number of halogens is 2. The molecule has 0 aliphatic rings. The first-order valence-electron chi connectivity index (χ1n) is 8.89. The fraction of sp³-hybridized carbons (Fsp3) is 0.238. The maximum absolute atomic E-state index is 12.6. The van der Waals surface area contributed by atoms with Crippen molar-refractivity contribution in [2.45, 2.75) is 20.4 Å². The molecule has 1 heterocycles. The molecule has 0 unspecified atom stereocenters. The van der Waals surface area contributed by atoms with Crippen molar-refractivity contribution in [2.75, 3.05) is 13.2 Å². The third kappa shape index (κ3) is 4.86. The molecule has 0 fully saturated rings. The molecule has 1 amide bonds. The largest absolute Gasteiger partial charge is 0.492 e. The van der Waals surface area contributed by atoms with Crippen molar-refractivity contribution in [2.24, 2.45) is 0 Å². The Morgan fingerprint density at radius 3 is 2.68 bits per heavy atom. The molecule has 2 aromatic carbocycles. The first kappa shape index (κ1) is 20.2. The highest BCUT2D eigenvalue weighted by molar-refractivity contribution is 6.33. The third-order valence-electron chi connectivity index (χ3n) is 4.22. The van der Waals surface area contributed by atoms with Crippen LogP contribution in [0.5, 0.6) is 5.75 Å². The Balaban J connectivity index is 1.60. The van der Waals surface area contributed by atoms with Crippen molar-refractivity contribution < 1.29 is 9.53 Å². The van der Waals surface area contributed by atoms with E-state index in [4.69, 9.17) is 27.9 Å². The third-order valence-corrected chi connectivity index (χ3v) is 4.97. The van der Waals surface area contributed by atoms with Crippen LogP contribution in [0.1, 0.15) is 27.2 Å². The average molecular weight is 418 g/mol. The van der Waals surface area contributed by atoms with Gasteiger partial charge in [-0.05, 0) is 43.2 Å². The molecule has 0 saturated heterocycles. The lowest BCUT2D eigenvalue weighted by molar-refractivity contribution is 0.0946. The number of hydrogen-bond acceptors (Lipinski definition) is 3. The molecule has 0 aliphatic carbocycles. The van der Waals surface area contributed by atoms with Crippen molar-refractivity contribution in [3.8, 4) is 5.75 Å². The highest BCUT2D eigenvalue weighted by atomic mass is 35.5. The van der Waals surface area contributed by atoms with E-state index >= 15 is 0 Å². The monoisotopic (exact) mass is 417 g/mol. The Morgan fingerprint density at radius 2 is 1.93 bits per heavy atom. The van der Waals surface area contributed by atoms with Gasteiger partial charge in [-0.3, -0.25) is 4.79 Å². The summed E-state index contributed by atoms with van der Waals surface area (Å²) >= 11 is 12.6. The molecule has 3 rings (SSSR count). The SMILES string of the molecule is Cc1cccc(OCCNC(=O)c2c(C)nn(Cc3ccccc3Cl)c2Cl)c1. The number of benzene rings is 2. The number of nitrogens with zero attached hydrogens (tertiary/aromatic N) is 2. The van der Waals surface area contributed by atoms with Gasteiger partial charge in [-0.15, -0.1) is 0 Å². The Morgan fingerprint density at radius 1 is 1.14 bits per heavy atom. The van der Waals surface area contributed by atoms with Gasteiger partial charge in [0.1, 0.15) is 17.5 Å². The number of aryl methyl sites for hydroxylation is 2. The van der Waals surface area contributed by atoms with E-state index in [9.17, 15) is 4.79 Å². The van der Waals surface area contributed by atoms with Crippen molar-refractivity contribution in [1.82, 2.24) is 15.1 Å². The molecule has 0 saturated carbocycles. The van der Waals surface area contributed by atoms with Crippen LogP contribution in [0.4, 0.5) is 0 Å². The van der Waals surface area contributed by atoms with Gasteiger partial charge in [0.05, 0.1) is 24.3 Å². The summed E-state index contributed by atoms with van der Waals surface area (Å²) in [5, 5.41) is 8.13. The van der Waals surface area contributed by atoms with E-state index in [1.165, 1.54) is 0 Å². The van der Waals surface area contributed by atoms with Crippen molar-refractivity contribution >= 4 is 29.1 Å². The van der Waals surface area contributed by atoms with Gasteiger partial charge in [-0.25, -0.2) is 4.68 Å². The van der Waals surface area contributed by atoms with Crippen LogP contribution in [-0.2, 0) is 6.54 Å². The second-order valence-corrected chi connectivity index (χ2v) is 7.19. The van der Waals surface area contributed by atoms with Gasteiger partial charge in [0.2, 0.25) is 0 Å². The lowest BCUT2D eigenvalue weighted by Gasteiger charge is -2.09. The predicted octanol–water partition coefficient (Wildman–Crippen LogP) is 4.66. The van der Waals surface area contributed by atoms with Gasteiger partial charge in [-0.2, -0.15) is 5.10 Å². The molecule has 5 nitrogen and oxygen atoms in total. The van der Waals surface area contributed by atoms with Crippen molar-refractivity contribution in [3.63, 3.8) is 0 Å². The van der Waals surface area contributed by atoms with E-state index < -0.39 is 0 Å². The molecule has 28 heavy (non-hydrogen) atoms. The second kappa shape index (κ2) is 9.13. The number of amides is 1. The quantitative estimate of drug-likeness (QED) is 0.568. The van der Waals surface area contributed by atoms with Gasteiger partial charge >= 0.3 is 0 Å². The first-order valence-corrected chi connectivity index (χ1v) is 9.65. The molecule has 0 bridgehead atoms. The number of aromatic nitrogens is 2. The number of hydrogen-bond donors (Lipinski definition) is 1. The molecular formula is C21H21Cl2N3O2. The average Bonchev–Trinajstić information content (AvgIpc) is 2.94. The van der Waals surface area contributed by atoms with Gasteiger partial charge in [0.25, 0.3) is 5.91 Å². The van der Waals surface area contributed by atoms with E-state index in [2.05, 4.69) is 10.4 Å². The Labute approximate surface area is 174 Å². The second-order valence-electron chi connectivity index (χ2n) is 6.42. The highest BCUT2D eigenvalue weighted by Crippen LogP contribution is 2.23. The molecule has 0 atom stereocenters. The minimum Gasteiger partial charge on any atom is -0.492 e. The van der Waals surface area contributed by atoms with E-state index in [-0.39, 0.29) is 11.1 Å². The minimum absolute atomic E-state index is 0.277. The van der Waals surface area contributed by atoms with E-state index in [1.807, 2.05) is 55.5 Å². The van der Waals surface area contributed by atoms with E-state index in [1.54, 1.807) is 11.6 Å². The summed E-state index contributed by atoms with van der Waals surface area (Å²) in [4.78, 5) is 12.6. The van der Waals surface area contributed by atoms with Crippen LogP contribution in [-0.4, -0.2) is 28.8 Å². The van der Waals surface area contributed by atoms with Crippen molar-refractivity contribution in [1.29, 1.82) is 0 Å². The summed E-state index contributed by atoms with van der Waals surface area (Å²) in [6, 6.07) is 15.2. The van der Waals surface area contributed by atoms with Crippen LogP contribution in [0, 0.1) is 13.8 Å². The molecule has 3 aromatic rings. The van der Waals surface area contributed by atoms with Gasteiger partial charge in [-0.1, -0.05) is 53.5 Å². The Bertz CT molecular complexity index is 986. The zero-order chi connectivity index (χ0) is 20.1. The highest BCUT2D eigenvalue weighted by Gasteiger charge is 2.20. The summed E-state index contributed by atoms with van der Waals surface area (Å²) in [6.07, 6.45) is 0.